The van der Waals surface area contributed by atoms with Gasteiger partial charge < -0.3 is 19.5 Å². The highest BCUT2D eigenvalue weighted by Crippen LogP contribution is 2.43. The van der Waals surface area contributed by atoms with Crippen molar-refractivity contribution in [1.82, 2.24) is 15.1 Å². The number of hydrogen-bond acceptors (Lipinski definition) is 7. The zero-order chi connectivity index (χ0) is 23.4. The molecule has 1 aliphatic carbocycles. The van der Waals surface area contributed by atoms with Gasteiger partial charge in [-0.15, -0.1) is 0 Å². The number of rotatable bonds is 7. The van der Waals surface area contributed by atoms with Gasteiger partial charge in [-0.1, -0.05) is 37.5 Å². The van der Waals surface area contributed by atoms with E-state index < -0.39 is 17.9 Å². The van der Waals surface area contributed by atoms with Crippen LogP contribution in [0.5, 0.6) is 5.88 Å². The van der Waals surface area contributed by atoms with Gasteiger partial charge in [-0.3, -0.25) is 4.79 Å². The van der Waals surface area contributed by atoms with Gasteiger partial charge in [-0.25, -0.2) is 9.48 Å². The SMILES string of the molecule is CCOC(=O)C1=C(NC2CCCCC2)Oc2c(c(C)nn2-c2ccccc2)C1C(=O)OCC. The molecule has 1 aromatic heterocycles. The fraction of sp³-hybridized carbons (Fsp3) is 0.480. The highest BCUT2D eigenvalue weighted by Gasteiger charge is 2.45. The normalized spacial score (nSPS) is 18.3. The maximum absolute atomic E-state index is 13.2. The van der Waals surface area contributed by atoms with E-state index in [2.05, 4.69) is 10.4 Å². The molecule has 0 amide bonds. The predicted octanol–water partition coefficient (Wildman–Crippen LogP) is 3.92. The molecule has 2 aliphatic rings. The number of aromatic nitrogens is 2. The second-order valence-corrected chi connectivity index (χ2v) is 8.28. The number of nitrogens with zero attached hydrogens (tertiary/aromatic N) is 2. The molecule has 1 aromatic carbocycles. The molecular weight excluding hydrogens is 422 g/mol. The molecule has 1 N–H and O–H groups in total. The Hall–Kier alpha value is -3.29. The molecule has 2 heterocycles. The van der Waals surface area contributed by atoms with Crippen molar-refractivity contribution in [2.24, 2.45) is 0 Å². The zero-order valence-electron chi connectivity index (χ0n) is 19.4. The average molecular weight is 454 g/mol. The summed E-state index contributed by atoms with van der Waals surface area (Å²) in [4.78, 5) is 26.4. The third-order valence-corrected chi connectivity index (χ3v) is 6.04. The van der Waals surface area contributed by atoms with E-state index in [1.165, 1.54) is 6.42 Å². The highest BCUT2D eigenvalue weighted by molar-refractivity contribution is 6.00. The molecule has 1 unspecified atom stereocenters. The van der Waals surface area contributed by atoms with E-state index in [-0.39, 0.29) is 30.7 Å². The van der Waals surface area contributed by atoms with Gasteiger partial charge in [-0.2, -0.15) is 5.10 Å². The van der Waals surface area contributed by atoms with Gasteiger partial charge >= 0.3 is 11.9 Å². The first kappa shape index (κ1) is 22.9. The average Bonchev–Trinajstić information content (AvgIpc) is 3.15. The van der Waals surface area contributed by atoms with Crippen molar-refractivity contribution >= 4 is 11.9 Å². The van der Waals surface area contributed by atoms with Crippen LogP contribution in [0.1, 0.15) is 63.1 Å². The molecule has 2 aromatic rings. The van der Waals surface area contributed by atoms with Crippen molar-refractivity contribution in [3.8, 4) is 11.6 Å². The van der Waals surface area contributed by atoms with E-state index in [1.54, 1.807) is 25.5 Å². The minimum atomic E-state index is -0.990. The van der Waals surface area contributed by atoms with Crippen LogP contribution in [0.2, 0.25) is 0 Å². The molecule has 8 nitrogen and oxygen atoms in total. The maximum atomic E-state index is 13.2. The van der Waals surface area contributed by atoms with Crippen LogP contribution < -0.4 is 10.1 Å². The quantitative estimate of drug-likeness (QED) is 0.636. The zero-order valence-corrected chi connectivity index (χ0v) is 19.4. The third-order valence-electron chi connectivity index (χ3n) is 6.04. The van der Waals surface area contributed by atoms with Crippen LogP contribution in [0, 0.1) is 6.92 Å². The van der Waals surface area contributed by atoms with Crippen LogP contribution in [-0.4, -0.2) is 41.0 Å². The lowest BCUT2D eigenvalue weighted by Crippen LogP contribution is -2.39. The Balaban J connectivity index is 1.86. The summed E-state index contributed by atoms with van der Waals surface area (Å²) in [5.74, 6) is -1.45. The summed E-state index contributed by atoms with van der Waals surface area (Å²) >= 11 is 0. The van der Waals surface area contributed by atoms with Crippen molar-refractivity contribution in [1.29, 1.82) is 0 Å². The molecule has 1 fully saturated rings. The number of esters is 2. The van der Waals surface area contributed by atoms with E-state index in [4.69, 9.17) is 14.2 Å². The van der Waals surface area contributed by atoms with Crippen LogP contribution >= 0.6 is 0 Å². The van der Waals surface area contributed by atoms with E-state index >= 15 is 0 Å². The van der Waals surface area contributed by atoms with Gasteiger partial charge in [0.1, 0.15) is 11.5 Å². The van der Waals surface area contributed by atoms with E-state index in [9.17, 15) is 9.59 Å². The summed E-state index contributed by atoms with van der Waals surface area (Å²) in [6, 6.07) is 9.71. The Labute approximate surface area is 193 Å². The van der Waals surface area contributed by atoms with E-state index in [0.29, 0.717) is 17.1 Å². The number of ether oxygens (including phenoxy) is 3. The molecule has 0 radical (unpaired) electrons. The molecule has 0 bridgehead atoms. The number of nitrogens with one attached hydrogen (secondary N) is 1. The van der Waals surface area contributed by atoms with Gasteiger partial charge in [0.15, 0.2) is 0 Å². The molecule has 8 heteroatoms. The number of carbonyl (C=O) groups is 2. The number of carbonyl (C=O) groups excluding carboxylic acids is 2. The van der Waals surface area contributed by atoms with Crippen molar-refractivity contribution in [2.45, 2.75) is 64.8 Å². The Bertz CT molecular complexity index is 1040. The van der Waals surface area contributed by atoms with Crippen LogP contribution in [0.15, 0.2) is 41.8 Å². The Kier molecular flexibility index (Phi) is 7.01. The van der Waals surface area contributed by atoms with E-state index in [1.807, 2.05) is 30.3 Å². The molecule has 0 saturated heterocycles. The Morgan fingerprint density at radius 1 is 1.09 bits per heavy atom. The second kappa shape index (κ2) is 10.1. The Morgan fingerprint density at radius 3 is 2.45 bits per heavy atom. The lowest BCUT2D eigenvalue weighted by Gasteiger charge is -2.31. The smallest absolute Gasteiger partial charge is 0.340 e. The standard InChI is InChI=1S/C25H31N3O5/c1-4-31-24(29)20-19-16(3)27-28(18-14-10-7-11-15-18)23(19)33-22(21(20)25(30)32-5-2)26-17-12-8-6-9-13-17/h7,10-11,14-15,17,20,26H,4-6,8-9,12-13H2,1-3H3. The van der Waals surface area contributed by atoms with Gasteiger partial charge in [0.25, 0.3) is 0 Å². The molecule has 1 aliphatic heterocycles. The number of para-hydroxylation sites is 1. The molecule has 1 atom stereocenters. The minimum Gasteiger partial charge on any atom is -0.465 e. The summed E-state index contributed by atoms with van der Waals surface area (Å²) in [5, 5.41) is 8.06. The largest absolute Gasteiger partial charge is 0.465 e. The van der Waals surface area contributed by atoms with Gasteiger partial charge in [-0.05, 0) is 45.7 Å². The van der Waals surface area contributed by atoms with Gasteiger partial charge in [0.05, 0.1) is 30.2 Å². The minimum absolute atomic E-state index is 0.143. The maximum Gasteiger partial charge on any atom is 0.340 e. The fourth-order valence-corrected chi connectivity index (χ4v) is 4.54. The topological polar surface area (TPSA) is 91.7 Å². The first-order valence-electron chi connectivity index (χ1n) is 11.7. The highest BCUT2D eigenvalue weighted by atomic mass is 16.5. The summed E-state index contributed by atoms with van der Waals surface area (Å²) in [6.07, 6.45) is 5.34. The number of benzene rings is 1. The molecule has 33 heavy (non-hydrogen) atoms. The summed E-state index contributed by atoms with van der Waals surface area (Å²) in [5.41, 5.74) is 2.05. The number of aryl methyl sites for hydroxylation is 1. The van der Waals surface area contributed by atoms with Gasteiger partial charge in [0, 0.05) is 6.04 Å². The first-order valence-corrected chi connectivity index (χ1v) is 11.7. The molecular formula is C25H31N3O5. The van der Waals surface area contributed by atoms with Crippen LogP contribution in [-0.2, 0) is 19.1 Å². The molecule has 176 valence electrons. The van der Waals surface area contributed by atoms with Crippen molar-refractivity contribution in [2.75, 3.05) is 13.2 Å². The molecule has 1 saturated carbocycles. The summed E-state index contributed by atoms with van der Waals surface area (Å²) < 4.78 is 18.8. The molecule has 0 spiro atoms. The lowest BCUT2D eigenvalue weighted by molar-refractivity contribution is -0.148. The van der Waals surface area contributed by atoms with Gasteiger partial charge in [0.2, 0.25) is 11.8 Å². The Morgan fingerprint density at radius 2 is 1.79 bits per heavy atom. The van der Waals surface area contributed by atoms with Crippen LogP contribution in [0.3, 0.4) is 0 Å². The van der Waals surface area contributed by atoms with Crippen LogP contribution in [0.25, 0.3) is 5.69 Å². The summed E-state index contributed by atoms with van der Waals surface area (Å²) in [7, 11) is 0. The van der Waals surface area contributed by atoms with Crippen molar-refractivity contribution in [3.63, 3.8) is 0 Å². The molecule has 4 rings (SSSR count). The summed E-state index contributed by atoms with van der Waals surface area (Å²) in [6.45, 7) is 5.66. The van der Waals surface area contributed by atoms with E-state index in [0.717, 1.165) is 31.4 Å². The fourth-order valence-electron chi connectivity index (χ4n) is 4.54. The van der Waals surface area contributed by atoms with Crippen molar-refractivity contribution < 1.29 is 23.8 Å². The first-order chi connectivity index (χ1) is 16.0. The van der Waals surface area contributed by atoms with Crippen molar-refractivity contribution in [3.05, 3.63) is 53.0 Å². The monoisotopic (exact) mass is 453 g/mol. The predicted molar refractivity (Wildman–Crippen MR) is 122 cm³/mol. The number of hydrogen-bond donors (Lipinski definition) is 1. The second-order valence-electron chi connectivity index (χ2n) is 8.28. The van der Waals surface area contributed by atoms with Crippen LogP contribution in [0.4, 0.5) is 0 Å². The lowest BCUT2D eigenvalue weighted by atomic mass is 9.88. The third kappa shape index (κ3) is 4.60. The number of fused-ring (bicyclic) bond motifs is 1.